The third-order valence-electron chi connectivity index (χ3n) is 1.48. The zero-order valence-electron chi connectivity index (χ0n) is 7.42. The molecular formula is C9H8ClFO3. The van der Waals surface area contributed by atoms with E-state index in [1.165, 1.54) is 19.2 Å². The Morgan fingerprint density at radius 3 is 2.86 bits per heavy atom. The van der Waals surface area contributed by atoms with Crippen molar-refractivity contribution in [2.24, 2.45) is 0 Å². The van der Waals surface area contributed by atoms with E-state index in [2.05, 4.69) is 4.74 Å². The molecule has 3 nitrogen and oxygen atoms in total. The summed E-state index contributed by atoms with van der Waals surface area (Å²) in [7, 11) is 1.25. The summed E-state index contributed by atoms with van der Waals surface area (Å²) in [6.45, 7) is -0.224. The van der Waals surface area contributed by atoms with E-state index in [1.807, 2.05) is 0 Å². The van der Waals surface area contributed by atoms with Crippen LogP contribution in [-0.2, 0) is 9.53 Å². The van der Waals surface area contributed by atoms with Gasteiger partial charge in [0, 0.05) is 6.07 Å². The predicted octanol–water partition coefficient (Wildman–Crippen LogP) is 2.03. The van der Waals surface area contributed by atoms with E-state index in [0.717, 1.165) is 6.07 Å². The lowest BCUT2D eigenvalue weighted by molar-refractivity contribution is -0.142. The van der Waals surface area contributed by atoms with Crippen molar-refractivity contribution in [3.8, 4) is 5.75 Å². The number of halogens is 2. The second-order valence-electron chi connectivity index (χ2n) is 2.44. The average molecular weight is 219 g/mol. The van der Waals surface area contributed by atoms with Crippen LogP contribution in [0.3, 0.4) is 0 Å². The highest BCUT2D eigenvalue weighted by atomic mass is 35.5. The molecule has 0 fully saturated rings. The molecule has 0 aliphatic heterocycles. The van der Waals surface area contributed by atoms with Crippen molar-refractivity contribution in [1.29, 1.82) is 0 Å². The molecule has 14 heavy (non-hydrogen) atoms. The summed E-state index contributed by atoms with van der Waals surface area (Å²) in [4.78, 5) is 10.7. The Morgan fingerprint density at radius 2 is 2.29 bits per heavy atom. The number of benzene rings is 1. The largest absolute Gasteiger partial charge is 0.482 e. The van der Waals surface area contributed by atoms with Crippen molar-refractivity contribution in [2.75, 3.05) is 13.7 Å². The van der Waals surface area contributed by atoms with Crippen LogP contribution in [0.25, 0.3) is 0 Å². The fourth-order valence-corrected chi connectivity index (χ4v) is 0.938. The number of methoxy groups -OCH3 is 1. The second-order valence-corrected chi connectivity index (χ2v) is 2.85. The van der Waals surface area contributed by atoms with Gasteiger partial charge < -0.3 is 9.47 Å². The monoisotopic (exact) mass is 218 g/mol. The number of hydrogen-bond donors (Lipinski definition) is 0. The molecule has 0 N–H and O–H groups in total. The number of carbonyl (C=O) groups excluding carboxylic acids is 1. The summed E-state index contributed by atoms with van der Waals surface area (Å²) >= 11 is 5.49. The first-order chi connectivity index (χ1) is 6.63. The third-order valence-corrected chi connectivity index (χ3v) is 1.77. The van der Waals surface area contributed by atoms with Crippen molar-refractivity contribution in [2.45, 2.75) is 0 Å². The van der Waals surface area contributed by atoms with Crippen LogP contribution in [0.5, 0.6) is 5.75 Å². The summed E-state index contributed by atoms with van der Waals surface area (Å²) in [6, 6.07) is 3.83. The normalized spacial score (nSPS) is 9.64. The Hall–Kier alpha value is -1.29. The highest BCUT2D eigenvalue weighted by molar-refractivity contribution is 6.30. The Morgan fingerprint density at radius 1 is 1.57 bits per heavy atom. The Kier molecular flexibility index (Phi) is 3.71. The molecule has 0 saturated heterocycles. The maximum atomic E-state index is 12.7. The molecule has 0 radical (unpaired) electrons. The van der Waals surface area contributed by atoms with Crippen molar-refractivity contribution in [3.05, 3.63) is 29.0 Å². The van der Waals surface area contributed by atoms with Gasteiger partial charge >= 0.3 is 5.97 Å². The van der Waals surface area contributed by atoms with Crippen molar-refractivity contribution < 1.29 is 18.7 Å². The first-order valence-electron chi connectivity index (χ1n) is 3.78. The van der Waals surface area contributed by atoms with E-state index in [1.54, 1.807) is 0 Å². The van der Waals surface area contributed by atoms with Crippen molar-refractivity contribution >= 4 is 17.6 Å². The van der Waals surface area contributed by atoms with E-state index in [-0.39, 0.29) is 11.6 Å². The molecule has 1 aromatic carbocycles. The molecular weight excluding hydrogens is 211 g/mol. The molecule has 5 heteroatoms. The summed E-state index contributed by atoms with van der Waals surface area (Å²) in [5, 5.41) is -0.0487. The minimum absolute atomic E-state index is 0.0487. The highest BCUT2D eigenvalue weighted by Crippen LogP contribution is 2.20. The Labute approximate surface area is 85.4 Å². The lowest BCUT2D eigenvalue weighted by Crippen LogP contribution is -2.12. The molecule has 0 bridgehead atoms. The number of hydrogen-bond acceptors (Lipinski definition) is 3. The van der Waals surface area contributed by atoms with E-state index in [0.29, 0.717) is 5.75 Å². The van der Waals surface area contributed by atoms with Crippen LogP contribution in [0.15, 0.2) is 18.2 Å². The number of rotatable bonds is 3. The summed E-state index contributed by atoms with van der Waals surface area (Å²) in [5.41, 5.74) is 0. The quantitative estimate of drug-likeness (QED) is 0.729. The van der Waals surface area contributed by atoms with Crippen LogP contribution < -0.4 is 4.74 Å². The van der Waals surface area contributed by atoms with Crippen LogP contribution >= 0.6 is 11.6 Å². The molecule has 0 amide bonds. The zero-order chi connectivity index (χ0) is 10.6. The van der Waals surface area contributed by atoms with Crippen LogP contribution in [-0.4, -0.2) is 19.7 Å². The number of ether oxygens (including phenoxy) is 2. The van der Waals surface area contributed by atoms with Gasteiger partial charge in [0.15, 0.2) is 6.61 Å². The second kappa shape index (κ2) is 4.81. The molecule has 0 saturated carbocycles. The summed E-state index contributed by atoms with van der Waals surface area (Å²) < 4.78 is 22.0. The first kappa shape index (κ1) is 10.8. The smallest absolute Gasteiger partial charge is 0.343 e. The van der Waals surface area contributed by atoms with Gasteiger partial charge in [0.1, 0.15) is 11.6 Å². The maximum Gasteiger partial charge on any atom is 0.343 e. The van der Waals surface area contributed by atoms with Gasteiger partial charge in [-0.15, -0.1) is 0 Å². The molecule has 76 valence electrons. The van der Waals surface area contributed by atoms with Gasteiger partial charge in [-0.3, -0.25) is 0 Å². The zero-order valence-corrected chi connectivity index (χ0v) is 8.18. The minimum Gasteiger partial charge on any atom is -0.482 e. The molecule has 1 aromatic rings. The lowest BCUT2D eigenvalue weighted by atomic mass is 10.3. The molecule has 0 spiro atoms. The van der Waals surface area contributed by atoms with Crippen LogP contribution in [0.1, 0.15) is 0 Å². The average Bonchev–Trinajstić information content (AvgIpc) is 2.19. The van der Waals surface area contributed by atoms with Gasteiger partial charge in [0.2, 0.25) is 0 Å². The van der Waals surface area contributed by atoms with E-state index >= 15 is 0 Å². The molecule has 1 rings (SSSR count). The summed E-state index contributed by atoms with van der Waals surface area (Å²) in [6.07, 6.45) is 0. The molecule has 0 unspecified atom stereocenters. The molecule has 0 heterocycles. The van der Waals surface area contributed by atoms with Crippen LogP contribution in [0.4, 0.5) is 4.39 Å². The van der Waals surface area contributed by atoms with Crippen LogP contribution in [0.2, 0.25) is 5.02 Å². The van der Waals surface area contributed by atoms with Crippen LogP contribution in [0, 0.1) is 5.82 Å². The van der Waals surface area contributed by atoms with E-state index < -0.39 is 11.8 Å². The van der Waals surface area contributed by atoms with Gasteiger partial charge in [-0.2, -0.15) is 0 Å². The van der Waals surface area contributed by atoms with Crippen molar-refractivity contribution in [1.82, 2.24) is 0 Å². The number of carbonyl (C=O) groups is 1. The predicted molar refractivity (Wildman–Crippen MR) is 48.9 cm³/mol. The lowest BCUT2D eigenvalue weighted by Gasteiger charge is -2.04. The molecule has 0 atom stereocenters. The Balaban J connectivity index is 2.60. The highest BCUT2D eigenvalue weighted by Gasteiger charge is 2.04. The topological polar surface area (TPSA) is 35.5 Å². The van der Waals surface area contributed by atoms with Crippen molar-refractivity contribution in [3.63, 3.8) is 0 Å². The molecule has 0 aliphatic carbocycles. The van der Waals surface area contributed by atoms with Gasteiger partial charge in [0.05, 0.1) is 12.1 Å². The fraction of sp³-hybridized carbons (Fsp3) is 0.222. The van der Waals surface area contributed by atoms with Gasteiger partial charge in [-0.25, -0.2) is 9.18 Å². The maximum absolute atomic E-state index is 12.7. The molecule has 0 aliphatic rings. The fourth-order valence-electron chi connectivity index (χ4n) is 0.768. The SMILES string of the molecule is COC(=O)COc1ccc(F)c(Cl)c1. The summed E-state index contributed by atoms with van der Waals surface area (Å²) in [5.74, 6) is -0.718. The van der Waals surface area contributed by atoms with E-state index in [4.69, 9.17) is 16.3 Å². The standard InChI is InChI=1S/C9H8ClFO3/c1-13-9(12)5-14-6-2-3-8(11)7(10)4-6/h2-4H,5H2,1H3. The number of esters is 1. The van der Waals surface area contributed by atoms with E-state index in [9.17, 15) is 9.18 Å². The van der Waals surface area contributed by atoms with Gasteiger partial charge in [-0.05, 0) is 12.1 Å². The minimum atomic E-state index is -0.530. The Bertz CT molecular complexity index is 341. The van der Waals surface area contributed by atoms with Gasteiger partial charge in [0.25, 0.3) is 0 Å². The first-order valence-corrected chi connectivity index (χ1v) is 4.16. The molecule has 0 aromatic heterocycles. The third kappa shape index (κ3) is 2.88. The van der Waals surface area contributed by atoms with Gasteiger partial charge in [-0.1, -0.05) is 11.6 Å².